The van der Waals surface area contributed by atoms with Crippen molar-refractivity contribution in [3.05, 3.63) is 35.1 Å². The number of hydrogen-bond acceptors (Lipinski definition) is 3. The van der Waals surface area contributed by atoms with Gasteiger partial charge in [-0.3, -0.25) is 0 Å². The van der Waals surface area contributed by atoms with Crippen LogP contribution in [-0.4, -0.2) is 44.3 Å². The van der Waals surface area contributed by atoms with Gasteiger partial charge < -0.3 is 15.0 Å². The summed E-state index contributed by atoms with van der Waals surface area (Å²) in [7, 11) is 2.11. The summed E-state index contributed by atoms with van der Waals surface area (Å²) in [5.74, 6) is -0.173. The second-order valence-electron chi connectivity index (χ2n) is 4.96. The minimum absolute atomic E-state index is 0.173. The highest BCUT2D eigenvalue weighted by Crippen LogP contribution is 2.10. The lowest BCUT2D eigenvalue weighted by Gasteiger charge is -2.30. The van der Waals surface area contributed by atoms with Crippen LogP contribution in [-0.2, 0) is 11.3 Å². The van der Waals surface area contributed by atoms with Crippen LogP contribution in [0.2, 0.25) is 0 Å². The molecule has 1 fully saturated rings. The Morgan fingerprint density at radius 2 is 2.33 bits per heavy atom. The summed E-state index contributed by atoms with van der Waals surface area (Å²) < 4.78 is 18.6. The normalized spacial score (nSPS) is 21.2. The molecule has 2 rings (SSSR count). The Balaban J connectivity index is 1.77. The third-order valence-corrected chi connectivity index (χ3v) is 3.33. The molecule has 3 nitrogen and oxygen atoms in total. The Morgan fingerprint density at radius 3 is 3.06 bits per heavy atom. The summed E-state index contributed by atoms with van der Waals surface area (Å²) in [6.45, 7) is 6.31. The smallest absolute Gasteiger partial charge is 0.123 e. The van der Waals surface area contributed by atoms with E-state index in [0.29, 0.717) is 0 Å². The molecule has 0 saturated carbocycles. The number of nitrogens with one attached hydrogen (secondary N) is 1. The van der Waals surface area contributed by atoms with E-state index in [4.69, 9.17) is 4.74 Å². The summed E-state index contributed by atoms with van der Waals surface area (Å²) >= 11 is 0. The minimum Gasteiger partial charge on any atom is -0.374 e. The van der Waals surface area contributed by atoms with Crippen LogP contribution in [0.15, 0.2) is 18.2 Å². The lowest BCUT2D eigenvalue weighted by molar-refractivity contribution is -0.0182. The molecule has 1 aromatic carbocycles. The largest absolute Gasteiger partial charge is 0.374 e. The van der Waals surface area contributed by atoms with E-state index in [1.165, 1.54) is 6.07 Å². The Kier molecular flexibility index (Phi) is 4.69. The number of halogens is 1. The summed E-state index contributed by atoms with van der Waals surface area (Å²) in [5.41, 5.74) is 2.13. The van der Waals surface area contributed by atoms with E-state index in [-0.39, 0.29) is 11.9 Å². The predicted octanol–water partition coefficient (Wildman–Crippen LogP) is 1.55. The number of benzene rings is 1. The first-order chi connectivity index (χ1) is 8.65. The van der Waals surface area contributed by atoms with E-state index in [1.807, 2.05) is 13.0 Å². The Morgan fingerprint density at radius 1 is 1.50 bits per heavy atom. The van der Waals surface area contributed by atoms with Gasteiger partial charge in [-0.15, -0.1) is 0 Å². The van der Waals surface area contributed by atoms with Crippen LogP contribution >= 0.6 is 0 Å². The third kappa shape index (κ3) is 3.77. The van der Waals surface area contributed by atoms with Gasteiger partial charge in [-0.25, -0.2) is 4.39 Å². The summed E-state index contributed by atoms with van der Waals surface area (Å²) in [6, 6.07) is 4.92. The number of nitrogens with zero attached hydrogens (tertiary/aromatic N) is 1. The Labute approximate surface area is 108 Å². The highest BCUT2D eigenvalue weighted by molar-refractivity contribution is 5.26. The molecule has 1 aliphatic heterocycles. The zero-order chi connectivity index (χ0) is 13.0. The summed E-state index contributed by atoms with van der Waals surface area (Å²) in [4.78, 5) is 2.28. The van der Waals surface area contributed by atoms with Gasteiger partial charge in [0.15, 0.2) is 0 Å². The molecule has 1 heterocycles. The summed E-state index contributed by atoms with van der Waals surface area (Å²) in [5, 5.41) is 3.38. The molecule has 1 aromatic rings. The van der Waals surface area contributed by atoms with Crippen molar-refractivity contribution < 1.29 is 9.13 Å². The second kappa shape index (κ2) is 6.27. The van der Waals surface area contributed by atoms with Crippen molar-refractivity contribution in [2.75, 3.05) is 33.3 Å². The minimum atomic E-state index is -0.173. The molecule has 0 unspecified atom stereocenters. The van der Waals surface area contributed by atoms with Crippen LogP contribution in [0.25, 0.3) is 0 Å². The zero-order valence-corrected chi connectivity index (χ0v) is 11.1. The van der Waals surface area contributed by atoms with Gasteiger partial charge in [-0.05, 0) is 37.2 Å². The van der Waals surface area contributed by atoms with Gasteiger partial charge in [-0.2, -0.15) is 0 Å². The number of morpholine rings is 1. The van der Waals surface area contributed by atoms with Gasteiger partial charge in [0.25, 0.3) is 0 Å². The molecule has 0 spiro atoms. The number of ether oxygens (including phenoxy) is 1. The molecule has 0 aliphatic carbocycles. The van der Waals surface area contributed by atoms with Gasteiger partial charge in [-0.1, -0.05) is 6.07 Å². The van der Waals surface area contributed by atoms with Crippen molar-refractivity contribution in [3.63, 3.8) is 0 Å². The standard InChI is InChI=1S/C14H21FN2O/c1-11-7-13(15)4-3-12(11)8-16-9-14-10-17(2)5-6-18-14/h3-4,7,14,16H,5-6,8-10H2,1-2H3/t14-/m1/s1. The van der Waals surface area contributed by atoms with Gasteiger partial charge in [0, 0.05) is 26.2 Å². The third-order valence-electron chi connectivity index (χ3n) is 3.33. The van der Waals surface area contributed by atoms with Gasteiger partial charge in [0.05, 0.1) is 12.7 Å². The molecule has 0 radical (unpaired) electrons. The molecule has 0 aromatic heterocycles. The fraction of sp³-hybridized carbons (Fsp3) is 0.571. The maximum atomic E-state index is 13.0. The topological polar surface area (TPSA) is 24.5 Å². The van der Waals surface area contributed by atoms with E-state index in [1.54, 1.807) is 6.07 Å². The van der Waals surface area contributed by atoms with Gasteiger partial charge in [0.2, 0.25) is 0 Å². The van der Waals surface area contributed by atoms with Crippen molar-refractivity contribution in [1.82, 2.24) is 10.2 Å². The van der Waals surface area contributed by atoms with Crippen LogP contribution < -0.4 is 5.32 Å². The molecule has 0 amide bonds. The molecule has 100 valence electrons. The fourth-order valence-electron chi connectivity index (χ4n) is 2.22. The number of aryl methyl sites for hydroxylation is 1. The summed E-state index contributed by atoms with van der Waals surface area (Å²) in [6.07, 6.45) is 0.254. The average molecular weight is 252 g/mol. The first-order valence-electron chi connectivity index (χ1n) is 6.41. The first-order valence-corrected chi connectivity index (χ1v) is 6.41. The molecular formula is C14H21FN2O. The van der Waals surface area contributed by atoms with Gasteiger partial charge >= 0.3 is 0 Å². The lowest BCUT2D eigenvalue weighted by Crippen LogP contribution is -2.44. The predicted molar refractivity (Wildman–Crippen MR) is 70.1 cm³/mol. The molecule has 18 heavy (non-hydrogen) atoms. The Hall–Kier alpha value is -0.970. The molecule has 1 atom stereocenters. The van der Waals surface area contributed by atoms with Gasteiger partial charge in [0.1, 0.15) is 5.82 Å². The van der Waals surface area contributed by atoms with Crippen molar-refractivity contribution in [1.29, 1.82) is 0 Å². The number of likely N-dealkylation sites (N-methyl/N-ethyl adjacent to an activating group) is 1. The Bertz CT molecular complexity index is 397. The average Bonchev–Trinajstić information content (AvgIpc) is 2.32. The van der Waals surface area contributed by atoms with Crippen molar-refractivity contribution >= 4 is 0 Å². The number of rotatable bonds is 4. The van der Waals surface area contributed by atoms with Crippen molar-refractivity contribution in [2.24, 2.45) is 0 Å². The second-order valence-corrected chi connectivity index (χ2v) is 4.96. The number of hydrogen-bond donors (Lipinski definition) is 1. The van der Waals surface area contributed by atoms with Crippen molar-refractivity contribution in [2.45, 2.75) is 19.6 Å². The van der Waals surface area contributed by atoms with Crippen LogP contribution in [0, 0.1) is 12.7 Å². The van der Waals surface area contributed by atoms with E-state index < -0.39 is 0 Å². The van der Waals surface area contributed by atoms with Crippen molar-refractivity contribution in [3.8, 4) is 0 Å². The van der Waals surface area contributed by atoms with Crippen LogP contribution in [0.1, 0.15) is 11.1 Å². The van der Waals surface area contributed by atoms with E-state index in [2.05, 4.69) is 17.3 Å². The van der Waals surface area contributed by atoms with E-state index in [9.17, 15) is 4.39 Å². The van der Waals surface area contributed by atoms with Crippen LogP contribution in [0.5, 0.6) is 0 Å². The molecule has 1 saturated heterocycles. The molecule has 4 heteroatoms. The molecule has 1 aliphatic rings. The first kappa shape index (κ1) is 13.5. The lowest BCUT2D eigenvalue weighted by atomic mass is 10.1. The van der Waals surface area contributed by atoms with E-state index in [0.717, 1.165) is 43.9 Å². The van der Waals surface area contributed by atoms with E-state index >= 15 is 0 Å². The highest BCUT2D eigenvalue weighted by atomic mass is 19.1. The zero-order valence-electron chi connectivity index (χ0n) is 11.1. The maximum Gasteiger partial charge on any atom is 0.123 e. The maximum absolute atomic E-state index is 13.0. The highest BCUT2D eigenvalue weighted by Gasteiger charge is 2.16. The monoisotopic (exact) mass is 252 g/mol. The quantitative estimate of drug-likeness (QED) is 0.880. The SMILES string of the molecule is Cc1cc(F)ccc1CNC[C@@H]1CN(C)CCO1. The molecule has 1 N–H and O–H groups in total. The molecule has 0 bridgehead atoms. The molecular weight excluding hydrogens is 231 g/mol. The van der Waals surface area contributed by atoms with Crippen LogP contribution in [0.4, 0.5) is 4.39 Å². The van der Waals surface area contributed by atoms with Crippen LogP contribution in [0.3, 0.4) is 0 Å². The fourth-order valence-corrected chi connectivity index (χ4v) is 2.22.